The van der Waals surface area contributed by atoms with Crippen LogP contribution in [0.3, 0.4) is 0 Å². The molecule has 0 spiro atoms. The molecule has 0 heterocycles. The van der Waals surface area contributed by atoms with E-state index in [-0.39, 0.29) is 18.5 Å². The third-order valence-corrected chi connectivity index (χ3v) is 8.35. The number of likely N-dealkylation sites (N-methyl/N-ethyl adjacent to an activating group) is 1. The van der Waals surface area contributed by atoms with E-state index in [1.807, 2.05) is 0 Å². The van der Waals surface area contributed by atoms with E-state index in [2.05, 4.69) is 58.7 Å². The van der Waals surface area contributed by atoms with Crippen LogP contribution >= 0.6 is 0 Å². The van der Waals surface area contributed by atoms with Gasteiger partial charge < -0.3 is 14.0 Å². The van der Waals surface area contributed by atoms with Crippen molar-refractivity contribution in [1.82, 2.24) is 0 Å². The van der Waals surface area contributed by atoms with Crippen LogP contribution in [-0.4, -0.2) is 56.8 Å². The highest BCUT2D eigenvalue weighted by atomic mass is 16.6. The van der Waals surface area contributed by atoms with Crippen LogP contribution < -0.4 is 0 Å². The summed E-state index contributed by atoms with van der Waals surface area (Å²) in [6.45, 7) is 5.12. The molecule has 272 valence electrons. The van der Waals surface area contributed by atoms with E-state index in [1.165, 1.54) is 103 Å². The van der Waals surface area contributed by atoms with Crippen LogP contribution in [0.4, 0.5) is 0 Å². The Morgan fingerprint density at radius 3 is 1.21 bits per heavy atom. The number of unbranched alkanes of at least 4 members (excludes halogenated alkanes) is 22. The van der Waals surface area contributed by atoms with Gasteiger partial charge in [-0.1, -0.05) is 117 Å². The molecular weight excluding hydrogens is 582 g/mol. The zero-order valence-corrected chi connectivity index (χ0v) is 31.9. The fourth-order valence-corrected chi connectivity index (χ4v) is 5.64. The number of ether oxygens (including phenoxy) is 2. The minimum absolute atomic E-state index is 0.150. The first-order valence-corrected chi connectivity index (χ1v) is 19.9. The van der Waals surface area contributed by atoms with Gasteiger partial charge in [-0.05, 0) is 38.5 Å². The summed E-state index contributed by atoms with van der Waals surface area (Å²) in [5, 5.41) is 0. The third kappa shape index (κ3) is 36.7. The van der Waals surface area contributed by atoms with Crippen LogP contribution in [-0.2, 0) is 19.1 Å². The standard InChI is InChI=1S/C42H76NO4/c1-6-8-10-12-14-16-18-20-22-24-26-28-30-32-34-36-41(44)46-39-40(38-43(3,4)5)47-42(45)37-35-33-31-29-27-25-23-21-19-17-15-13-11-9-7-2/h40H,6-9,14-39H2,1-5H3/q+1. The van der Waals surface area contributed by atoms with Crippen molar-refractivity contribution in [3.05, 3.63) is 0 Å². The molecule has 0 saturated heterocycles. The van der Waals surface area contributed by atoms with Gasteiger partial charge in [0.05, 0.1) is 21.1 Å². The van der Waals surface area contributed by atoms with Crippen molar-refractivity contribution in [3.63, 3.8) is 0 Å². The first-order valence-electron chi connectivity index (χ1n) is 19.9. The second-order valence-electron chi connectivity index (χ2n) is 14.5. The number of hydrogen-bond acceptors (Lipinski definition) is 4. The largest absolute Gasteiger partial charge is 0.461 e. The number of hydrogen-bond donors (Lipinski definition) is 0. The summed E-state index contributed by atoms with van der Waals surface area (Å²) < 4.78 is 12.0. The van der Waals surface area contributed by atoms with Crippen molar-refractivity contribution in [2.75, 3.05) is 34.3 Å². The highest BCUT2D eigenvalue weighted by molar-refractivity contribution is 5.70. The molecule has 0 fully saturated rings. The second-order valence-corrected chi connectivity index (χ2v) is 14.5. The van der Waals surface area contributed by atoms with Gasteiger partial charge in [-0.2, -0.15) is 0 Å². The average molecular weight is 659 g/mol. The van der Waals surface area contributed by atoms with E-state index in [1.54, 1.807) is 0 Å². The fourth-order valence-electron chi connectivity index (χ4n) is 5.64. The van der Waals surface area contributed by atoms with Crippen molar-refractivity contribution in [1.29, 1.82) is 0 Å². The Balaban J connectivity index is 3.86. The van der Waals surface area contributed by atoms with Gasteiger partial charge in [-0.3, -0.25) is 9.59 Å². The van der Waals surface area contributed by atoms with Crippen molar-refractivity contribution in [2.45, 2.75) is 200 Å². The van der Waals surface area contributed by atoms with Gasteiger partial charge in [-0.25, -0.2) is 0 Å². The first kappa shape index (κ1) is 45.0. The van der Waals surface area contributed by atoms with E-state index >= 15 is 0 Å². The van der Waals surface area contributed by atoms with E-state index in [0.29, 0.717) is 23.9 Å². The van der Waals surface area contributed by atoms with Crippen LogP contribution in [0.5, 0.6) is 0 Å². The average Bonchev–Trinajstić information content (AvgIpc) is 3.03. The molecule has 1 atom stereocenters. The minimum atomic E-state index is -0.399. The molecule has 47 heavy (non-hydrogen) atoms. The lowest BCUT2D eigenvalue weighted by Gasteiger charge is -2.28. The lowest BCUT2D eigenvalue weighted by Crippen LogP contribution is -2.45. The minimum Gasteiger partial charge on any atom is -0.461 e. The van der Waals surface area contributed by atoms with Crippen LogP contribution in [0.25, 0.3) is 0 Å². The molecule has 0 aromatic heterocycles. The van der Waals surface area contributed by atoms with E-state index in [9.17, 15) is 9.59 Å². The molecule has 5 nitrogen and oxygen atoms in total. The Hall–Kier alpha value is -1.98. The van der Waals surface area contributed by atoms with Crippen LogP contribution in [0.2, 0.25) is 0 Å². The molecule has 0 N–H and O–H groups in total. The topological polar surface area (TPSA) is 52.6 Å². The SMILES string of the molecule is CCCC#CCCCCCCCCCCCCC(=O)OCC(C[N+](C)(C)C)OC(=O)CCCCCCCCCCCCC#CCCC. The highest BCUT2D eigenvalue weighted by Gasteiger charge is 2.23. The number of carbonyl (C=O) groups excluding carboxylic acids is 2. The molecule has 0 radical (unpaired) electrons. The van der Waals surface area contributed by atoms with Crippen molar-refractivity contribution >= 4 is 11.9 Å². The Kier molecular flexibility index (Phi) is 32.5. The number of carbonyl (C=O) groups is 2. The number of esters is 2. The molecule has 5 heteroatoms. The van der Waals surface area contributed by atoms with Crippen LogP contribution in [0, 0.1) is 23.7 Å². The van der Waals surface area contributed by atoms with Gasteiger partial charge in [0.25, 0.3) is 0 Å². The molecule has 0 aliphatic rings. The van der Waals surface area contributed by atoms with Crippen molar-refractivity contribution in [2.24, 2.45) is 0 Å². The van der Waals surface area contributed by atoms with E-state index in [0.717, 1.165) is 64.2 Å². The Morgan fingerprint density at radius 2 is 0.830 bits per heavy atom. The maximum atomic E-state index is 12.6. The smallest absolute Gasteiger partial charge is 0.306 e. The van der Waals surface area contributed by atoms with Crippen molar-refractivity contribution < 1.29 is 23.5 Å². The zero-order valence-electron chi connectivity index (χ0n) is 31.9. The van der Waals surface area contributed by atoms with Gasteiger partial charge in [0.1, 0.15) is 13.2 Å². The highest BCUT2D eigenvalue weighted by Crippen LogP contribution is 2.14. The molecule has 0 aromatic rings. The van der Waals surface area contributed by atoms with Gasteiger partial charge in [0, 0.05) is 38.5 Å². The number of rotatable bonds is 31. The first-order chi connectivity index (χ1) is 22.8. The lowest BCUT2D eigenvalue weighted by molar-refractivity contribution is -0.873. The van der Waals surface area contributed by atoms with E-state index in [4.69, 9.17) is 9.47 Å². The molecular formula is C42H76NO4+. The summed E-state index contributed by atoms with van der Waals surface area (Å²) in [6.07, 6.45) is 31.3. The quantitative estimate of drug-likeness (QED) is 0.0322. The van der Waals surface area contributed by atoms with Crippen molar-refractivity contribution in [3.8, 4) is 23.7 Å². The molecule has 1 unspecified atom stereocenters. The Labute approximate surface area is 292 Å². The molecule has 0 aliphatic heterocycles. The summed E-state index contributed by atoms with van der Waals surface area (Å²) in [6, 6.07) is 0. The summed E-state index contributed by atoms with van der Waals surface area (Å²) in [5.74, 6) is 12.6. The predicted octanol–water partition coefficient (Wildman–Crippen LogP) is 11.1. The van der Waals surface area contributed by atoms with Crippen LogP contribution in [0.15, 0.2) is 0 Å². The molecule has 0 aromatic carbocycles. The summed E-state index contributed by atoms with van der Waals surface area (Å²) in [7, 11) is 6.20. The summed E-state index contributed by atoms with van der Waals surface area (Å²) in [5.41, 5.74) is 0. The molecule has 0 rings (SSSR count). The molecule has 0 amide bonds. The lowest BCUT2D eigenvalue weighted by atomic mass is 10.1. The van der Waals surface area contributed by atoms with Gasteiger partial charge in [-0.15, -0.1) is 23.7 Å². The Morgan fingerprint density at radius 1 is 0.489 bits per heavy atom. The number of quaternary nitrogens is 1. The summed E-state index contributed by atoms with van der Waals surface area (Å²) >= 11 is 0. The monoisotopic (exact) mass is 659 g/mol. The maximum absolute atomic E-state index is 12.6. The third-order valence-electron chi connectivity index (χ3n) is 8.35. The molecule has 0 bridgehead atoms. The predicted molar refractivity (Wildman–Crippen MR) is 200 cm³/mol. The van der Waals surface area contributed by atoms with Gasteiger partial charge in [0.2, 0.25) is 0 Å². The van der Waals surface area contributed by atoms with Gasteiger partial charge >= 0.3 is 11.9 Å². The zero-order chi connectivity index (χ0) is 34.7. The second kappa shape index (κ2) is 33.9. The summed E-state index contributed by atoms with van der Waals surface area (Å²) in [4.78, 5) is 24.9. The van der Waals surface area contributed by atoms with Gasteiger partial charge in [0.15, 0.2) is 6.10 Å². The normalized spacial score (nSPS) is 11.7. The van der Waals surface area contributed by atoms with Crippen LogP contribution in [0.1, 0.15) is 194 Å². The maximum Gasteiger partial charge on any atom is 0.306 e. The molecule has 0 saturated carbocycles. The van der Waals surface area contributed by atoms with E-state index < -0.39 is 6.10 Å². The Bertz CT molecular complexity index is 854. The molecule has 0 aliphatic carbocycles. The fraction of sp³-hybridized carbons (Fsp3) is 0.857. The number of nitrogens with zero attached hydrogens (tertiary/aromatic N) is 1.